The first-order valence-corrected chi connectivity index (χ1v) is 6.33. The molecule has 3 rings (SSSR count). The summed E-state index contributed by atoms with van der Waals surface area (Å²) in [6, 6.07) is 0. The molecule has 0 saturated carbocycles. The number of nitrogens with two attached hydrogens (primary N) is 1. The van der Waals surface area contributed by atoms with Crippen LogP contribution in [-0.4, -0.2) is 60.0 Å². The van der Waals surface area contributed by atoms with Gasteiger partial charge in [0.2, 0.25) is 5.95 Å². The minimum absolute atomic E-state index is 0. The number of rotatable bonds is 2. The number of nitrogens with zero attached hydrogens (tertiary/aromatic N) is 3. The van der Waals surface area contributed by atoms with Gasteiger partial charge in [-0.25, -0.2) is 14.6 Å². The topological polar surface area (TPSA) is 177 Å². The molecular formula is C11H13N5NaO6+. The third-order valence-corrected chi connectivity index (χ3v) is 3.47. The Morgan fingerprint density at radius 3 is 2.65 bits per heavy atom. The summed E-state index contributed by atoms with van der Waals surface area (Å²) in [5, 5.41) is 30.9. The second-order valence-corrected chi connectivity index (χ2v) is 4.84. The van der Waals surface area contributed by atoms with E-state index in [1.165, 1.54) is 0 Å². The van der Waals surface area contributed by atoms with Crippen LogP contribution in [0.1, 0.15) is 6.23 Å². The van der Waals surface area contributed by atoms with E-state index in [2.05, 4.69) is 15.1 Å². The molecule has 0 unspecified atom stereocenters. The molecule has 2 aromatic rings. The normalized spacial score (nSPS) is 27.1. The number of hydrogen-bond donors (Lipinski definition) is 5. The fourth-order valence-electron chi connectivity index (χ4n) is 2.33. The molecule has 11 nitrogen and oxygen atoms in total. The molecule has 1 fully saturated rings. The quantitative estimate of drug-likeness (QED) is 0.334. The summed E-state index contributed by atoms with van der Waals surface area (Å²) >= 11 is 0. The summed E-state index contributed by atoms with van der Waals surface area (Å²) in [4.78, 5) is 31.7. The Kier molecular flexibility index (Phi) is 5.20. The van der Waals surface area contributed by atoms with Crippen LogP contribution >= 0.6 is 0 Å². The van der Waals surface area contributed by atoms with Crippen molar-refractivity contribution in [2.75, 3.05) is 12.3 Å². The Balaban J connectivity index is 0.00000192. The molecule has 12 heteroatoms. The summed E-state index contributed by atoms with van der Waals surface area (Å²) in [7, 11) is 0. The number of nitrogen functional groups attached to an aromatic ring is 1. The molecule has 0 aromatic carbocycles. The number of aliphatic hydroxyl groups excluding tert-OH is 3. The van der Waals surface area contributed by atoms with Crippen LogP contribution in [0.5, 0.6) is 0 Å². The molecule has 1 saturated heterocycles. The van der Waals surface area contributed by atoms with E-state index in [0.29, 0.717) is 4.68 Å². The Labute approximate surface area is 150 Å². The van der Waals surface area contributed by atoms with Crippen LogP contribution in [0, 0.1) is 0 Å². The molecule has 3 heterocycles. The summed E-state index contributed by atoms with van der Waals surface area (Å²) in [6.45, 7) is -0.559. The minimum atomic E-state index is -1.51. The van der Waals surface area contributed by atoms with E-state index in [-0.39, 0.29) is 46.4 Å². The number of fused-ring (bicyclic) bond motifs is 1. The fraction of sp³-hybridized carbons (Fsp3) is 0.455. The zero-order valence-electron chi connectivity index (χ0n) is 12.1. The Bertz CT molecular complexity index is 838. The van der Waals surface area contributed by atoms with Crippen molar-refractivity contribution >= 4 is 16.9 Å². The van der Waals surface area contributed by atoms with Crippen molar-refractivity contribution in [1.82, 2.24) is 19.7 Å². The van der Waals surface area contributed by atoms with Gasteiger partial charge in [0, 0.05) is 6.20 Å². The van der Waals surface area contributed by atoms with Crippen molar-refractivity contribution in [2.45, 2.75) is 24.5 Å². The Morgan fingerprint density at radius 1 is 1.35 bits per heavy atom. The molecule has 4 atom stereocenters. The first kappa shape index (κ1) is 18.0. The van der Waals surface area contributed by atoms with Gasteiger partial charge in [-0.2, -0.15) is 0 Å². The van der Waals surface area contributed by atoms with Gasteiger partial charge >= 0.3 is 29.6 Å². The van der Waals surface area contributed by atoms with E-state index in [1.54, 1.807) is 0 Å². The van der Waals surface area contributed by atoms with Gasteiger partial charge in [-0.1, -0.05) is 0 Å². The van der Waals surface area contributed by atoms with Crippen LogP contribution in [0.25, 0.3) is 10.9 Å². The van der Waals surface area contributed by atoms with E-state index < -0.39 is 42.3 Å². The standard InChI is InChI=1S/C11H13N5O6.Na/c12-11-13-1-3-5(14-11)9(21)16(15-8(3)20)10-7(19)6(18)4(2-17)22-10;/h1,4,6-7,10,17-19H,2H2,(H,15,20)(H2,12,13,14);/q;+1/t4-,6-,7-,10-;/m1./s1. The third-order valence-electron chi connectivity index (χ3n) is 3.47. The van der Waals surface area contributed by atoms with E-state index in [1.807, 2.05) is 0 Å². The molecule has 1 aliphatic rings. The van der Waals surface area contributed by atoms with Gasteiger partial charge in [-0.3, -0.25) is 14.7 Å². The van der Waals surface area contributed by atoms with Crippen LogP contribution < -0.4 is 46.4 Å². The second-order valence-electron chi connectivity index (χ2n) is 4.84. The smallest absolute Gasteiger partial charge is 0.394 e. The van der Waals surface area contributed by atoms with Gasteiger partial charge in [-0.15, -0.1) is 0 Å². The van der Waals surface area contributed by atoms with Crippen molar-refractivity contribution < 1.29 is 49.6 Å². The van der Waals surface area contributed by atoms with Gasteiger partial charge in [-0.05, 0) is 0 Å². The number of aromatic nitrogens is 4. The maximum absolute atomic E-state index is 12.4. The van der Waals surface area contributed by atoms with Crippen LogP contribution in [0.2, 0.25) is 0 Å². The molecule has 118 valence electrons. The number of anilines is 1. The summed E-state index contributed by atoms with van der Waals surface area (Å²) in [5.74, 6) is -0.192. The fourth-order valence-corrected chi connectivity index (χ4v) is 2.33. The zero-order chi connectivity index (χ0) is 16.0. The largest absolute Gasteiger partial charge is 1.00 e. The molecule has 0 bridgehead atoms. The zero-order valence-corrected chi connectivity index (χ0v) is 14.1. The number of hydrogen-bond acceptors (Lipinski definition) is 9. The molecule has 2 aromatic heterocycles. The maximum atomic E-state index is 12.4. The molecule has 0 aliphatic carbocycles. The van der Waals surface area contributed by atoms with Crippen LogP contribution in [0.4, 0.5) is 5.95 Å². The van der Waals surface area contributed by atoms with Crippen molar-refractivity contribution in [3.8, 4) is 0 Å². The number of aliphatic hydroxyl groups is 3. The number of H-pyrrole nitrogens is 1. The van der Waals surface area contributed by atoms with Crippen molar-refractivity contribution in [3.63, 3.8) is 0 Å². The molecule has 0 spiro atoms. The van der Waals surface area contributed by atoms with Crippen molar-refractivity contribution in [2.24, 2.45) is 0 Å². The van der Waals surface area contributed by atoms with Gasteiger partial charge < -0.3 is 25.8 Å². The van der Waals surface area contributed by atoms with Crippen LogP contribution in [0.3, 0.4) is 0 Å². The van der Waals surface area contributed by atoms with Crippen molar-refractivity contribution in [1.29, 1.82) is 0 Å². The molecule has 1 aliphatic heterocycles. The Morgan fingerprint density at radius 2 is 2.04 bits per heavy atom. The first-order valence-electron chi connectivity index (χ1n) is 6.33. The molecule has 0 amide bonds. The predicted octanol–water partition coefficient (Wildman–Crippen LogP) is -6.32. The number of aromatic amines is 1. The maximum Gasteiger partial charge on any atom is 1.00 e. The molecule has 0 radical (unpaired) electrons. The minimum Gasteiger partial charge on any atom is -0.394 e. The molecular weight excluding hydrogens is 321 g/mol. The third kappa shape index (κ3) is 2.92. The van der Waals surface area contributed by atoms with Gasteiger partial charge in [0.1, 0.15) is 23.8 Å². The van der Waals surface area contributed by atoms with E-state index >= 15 is 0 Å². The van der Waals surface area contributed by atoms with Crippen molar-refractivity contribution in [3.05, 3.63) is 26.9 Å². The van der Waals surface area contributed by atoms with E-state index in [9.17, 15) is 19.8 Å². The van der Waals surface area contributed by atoms with Gasteiger partial charge in [0.15, 0.2) is 6.23 Å². The number of nitrogens with one attached hydrogen (secondary N) is 1. The number of ether oxygens (including phenoxy) is 1. The SMILES string of the molecule is Nc1ncc2c(=O)[nH]n([C@@H]3O[C@H](CO)[C@@H](O)[C@H]3O)c(=O)c2n1.[Na+]. The predicted molar refractivity (Wildman–Crippen MR) is 71.8 cm³/mol. The average Bonchev–Trinajstić information content (AvgIpc) is 2.78. The summed E-state index contributed by atoms with van der Waals surface area (Å²) in [5.41, 5.74) is 3.69. The van der Waals surface area contributed by atoms with E-state index in [0.717, 1.165) is 6.20 Å². The van der Waals surface area contributed by atoms with Crippen LogP contribution in [-0.2, 0) is 4.74 Å². The van der Waals surface area contributed by atoms with Gasteiger partial charge in [0.25, 0.3) is 11.1 Å². The molecule has 23 heavy (non-hydrogen) atoms. The molecule has 6 N–H and O–H groups in total. The monoisotopic (exact) mass is 334 g/mol. The summed E-state index contributed by atoms with van der Waals surface area (Å²) < 4.78 is 5.91. The Hall–Kier alpha value is -1.34. The van der Waals surface area contributed by atoms with Crippen LogP contribution in [0.15, 0.2) is 15.8 Å². The summed E-state index contributed by atoms with van der Waals surface area (Å²) in [6.07, 6.45) is -4.26. The first-order chi connectivity index (χ1) is 10.4. The second kappa shape index (κ2) is 6.65. The van der Waals surface area contributed by atoms with E-state index in [4.69, 9.17) is 15.6 Å². The average molecular weight is 334 g/mol. The van der Waals surface area contributed by atoms with Gasteiger partial charge in [0.05, 0.1) is 12.0 Å².